The van der Waals surface area contributed by atoms with Crippen LogP contribution in [-0.2, 0) is 19.6 Å². The summed E-state index contributed by atoms with van der Waals surface area (Å²) in [6.07, 6.45) is 6.17. The van der Waals surface area contributed by atoms with E-state index in [0.717, 1.165) is 9.69 Å². The fraction of sp³-hybridized carbons (Fsp3) is 0.111. The summed E-state index contributed by atoms with van der Waals surface area (Å²) in [7, 11) is -3.81. The molecular weight excluding hydrogens is 354 g/mol. The van der Waals surface area contributed by atoms with Gasteiger partial charge in [-0.2, -0.15) is 0 Å². The van der Waals surface area contributed by atoms with Gasteiger partial charge in [0, 0.05) is 11.5 Å². The summed E-state index contributed by atoms with van der Waals surface area (Å²) >= 11 is 0. The number of carbonyl (C=O) groups is 2. The van der Waals surface area contributed by atoms with Crippen molar-refractivity contribution < 1.29 is 18.0 Å². The molecule has 8 heteroatoms. The topological polar surface area (TPSA) is 95.6 Å². The third-order valence-corrected chi connectivity index (χ3v) is 5.65. The number of hydrogen-bond donors (Lipinski definition) is 2. The maximum Gasteiger partial charge on any atom is 0.265 e. The van der Waals surface area contributed by atoms with Crippen LogP contribution in [0.25, 0.3) is 10.8 Å². The molecule has 0 atom stereocenters. The average molecular weight is 371 g/mol. The highest BCUT2D eigenvalue weighted by Gasteiger charge is 2.36. The summed E-state index contributed by atoms with van der Waals surface area (Å²) in [5.74, 6) is -1.17. The first-order valence-electron chi connectivity index (χ1n) is 7.88. The first kappa shape index (κ1) is 17.7. The van der Waals surface area contributed by atoms with Gasteiger partial charge in [0.15, 0.2) is 0 Å². The Labute approximate surface area is 151 Å². The molecule has 2 aromatic rings. The zero-order valence-electron chi connectivity index (χ0n) is 14.0. The van der Waals surface area contributed by atoms with Crippen LogP contribution in [0.2, 0.25) is 0 Å². The maximum absolute atomic E-state index is 12.8. The minimum Gasteiger partial charge on any atom is -0.271 e. The summed E-state index contributed by atoms with van der Waals surface area (Å²) < 4.78 is 26.5. The number of rotatable bonds is 4. The molecular formula is C18H17N3O4S. The predicted molar refractivity (Wildman–Crippen MR) is 98.7 cm³/mol. The van der Waals surface area contributed by atoms with Gasteiger partial charge in [-0.15, -0.1) is 0 Å². The molecule has 1 heterocycles. The quantitative estimate of drug-likeness (QED) is 0.485. The van der Waals surface area contributed by atoms with E-state index in [0.29, 0.717) is 11.1 Å². The molecule has 0 saturated heterocycles. The molecule has 0 aromatic heterocycles. The number of anilines is 1. The molecule has 0 unspecified atom stereocenters. The van der Waals surface area contributed by atoms with Crippen LogP contribution in [0.3, 0.4) is 0 Å². The number of carbonyl (C=O) groups excluding carboxylic acids is 2. The number of amides is 2. The Morgan fingerprint density at radius 3 is 2.54 bits per heavy atom. The van der Waals surface area contributed by atoms with Gasteiger partial charge >= 0.3 is 0 Å². The van der Waals surface area contributed by atoms with Crippen LogP contribution in [0.5, 0.6) is 0 Å². The van der Waals surface area contributed by atoms with Crippen LogP contribution in [0.1, 0.15) is 6.92 Å². The molecule has 0 bridgehead atoms. The second kappa shape index (κ2) is 7.01. The second-order valence-electron chi connectivity index (χ2n) is 5.57. The van der Waals surface area contributed by atoms with Gasteiger partial charge in [0.05, 0.1) is 10.6 Å². The first-order chi connectivity index (χ1) is 12.4. The number of sulfonamides is 1. The van der Waals surface area contributed by atoms with Crippen LogP contribution in [0, 0.1) is 0 Å². The molecule has 134 valence electrons. The molecule has 0 aliphatic carbocycles. The molecule has 2 aromatic carbocycles. The van der Waals surface area contributed by atoms with Gasteiger partial charge in [0.1, 0.15) is 6.54 Å². The van der Waals surface area contributed by atoms with Crippen LogP contribution in [-0.4, -0.2) is 26.8 Å². The monoisotopic (exact) mass is 371 g/mol. The Kier molecular flexibility index (Phi) is 4.77. The number of hydrazine groups is 1. The molecule has 7 nitrogen and oxygen atoms in total. The van der Waals surface area contributed by atoms with E-state index >= 15 is 0 Å². The summed E-state index contributed by atoms with van der Waals surface area (Å²) in [6, 6.07) is 10.2. The van der Waals surface area contributed by atoms with Gasteiger partial charge in [-0.3, -0.25) is 24.7 Å². The van der Waals surface area contributed by atoms with Crippen molar-refractivity contribution in [2.45, 2.75) is 11.8 Å². The van der Waals surface area contributed by atoms with Crippen LogP contribution >= 0.6 is 0 Å². The first-order valence-corrected chi connectivity index (χ1v) is 9.32. The number of nitrogens with zero attached hydrogens (tertiary/aromatic N) is 1. The maximum atomic E-state index is 12.8. The van der Waals surface area contributed by atoms with Gasteiger partial charge in [0.25, 0.3) is 21.8 Å². The largest absolute Gasteiger partial charge is 0.271 e. The van der Waals surface area contributed by atoms with Gasteiger partial charge in [-0.1, -0.05) is 42.5 Å². The van der Waals surface area contributed by atoms with E-state index in [1.165, 1.54) is 18.2 Å². The van der Waals surface area contributed by atoms with Crippen molar-refractivity contribution in [2.24, 2.45) is 0 Å². The van der Waals surface area contributed by atoms with E-state index in [1.807, 2.05) is 12.1 Å². The van der Waals surface area contributed by atoms with Crippen molar-refractivity contribution in [3.05, 3.63) is 60.7 Å². The van der Waals surface area contributed by atoms with Gasteiger partial charge in [-0.05, 0) is 24.4 Å². The predicted octanol–water partition coefficient (Wildman–Crippen LogP) is 1.63. The average Bonchev–Trinajstić information content (AvgIpc) is 2.84. The summed E-state index contributed by atoms with van der Waals surface area (Å²) in [5, 5.41) is 1.38. The van der Waals surface area contributed by atoms with E-state index in [4.69, 9.17) is 0 Å². The minimum atomic E-state index is -3.81. The van der Waals surface area contributed by atoms with Crippen molar-refractivity contribution >= 4 is 38.3 Å². The smallest absolute Gasteiger partial charge is 0.265 e. The zero-order valence-corrected chi connectivity index (χ0v) is 14.8. The minimum absolute atomic E-state index is 0.178. The Balaban J connectivity index is 1.76. The molecule has 2 amide bonds. The Bertz CT molecular complexity index is 1040. The van der Waals surface area contributed by atoms with Gasteiger partial charge in [-0.25, -0.2) is 8.42 Å². The van der Waals surface area contributed by atoms with E-state index in [1.54, 1.807) is 37.3 Å². The molecule has 1 aliphatic heterocycles. The number of hydrogen-bond acceptors (Lipinski definition) is 4. The highest BCUT2D eigenvalue weighted by molar-refractivity contribution is 7.93. The van der Waals surface area contributed by atoms with Crippen molar-refractivity contribution in [2.75, 3.05) is 10.8 Å². The zero-order chi connectivity index (χ0) is 18.7. The van der Waals surface area contributed by atoms with Crippen LogP contribution in [0.4, 0.5) is 5.69 Å². The fourth-order valence-electron chi connectivity index (χ4n) is 2.73. The Hall–Kier alpha value is -3.13. The number of nitrogens with one attached hydrogen (secondary N) is 2. The van der Waals surface area contributed by atoms with Crippen molar-refractivity contribution in [3.8, 4) is 0 Å². The van der Waals surface area contributed by atoms with Gasteiger partial charge in [0.2, 0.25) is 0 Å². The fourth-order valence-corrected chi connectivity index (χ4v) is 4.39. The number of allylic oxidation sites excluding steroid dienone is 3. The summed E-state index contributed by atoms with van der Waals surface area (Å²) in [6.45, 7) is 1.37. The van der Waals surface area contributed by atoms with E-state index in [9.17, 15) is 18.0 Å². The van der Waals surface area contributed by atoms with Crippen molar-refractivity contribution in [1.29, 1.82) is 0 Å². The Morgan fingerprint density at radius 2 is 1.81 bits per heavy atom. The molecule has 0 spiro atoms. The van der Waals surface area contributed by atoms with E-state index in [-0.39, 0.29) is 4.90 Å². The normalized spacial score (nSPS) is 15.0. The lowest BCUT2D eigenvalue weighted by molar-refractivity contribution is -0.125. The second-order valence-corrected chi connectivity index (χ2v) is 7.40. The molecule has 0 radical (unpaired) electrons. The summed E-state index contributed by atoms with van der Waals surface area (Å²) in [4.78, 5) is 23.8. The van der Waals surface area contributed by atoms with Crippen molar-refractivity contribution in [1.82, 2.24) is 10.9 Å². The molecule has 0 saturated carbocycles. The Morgan fingerprint density at radius 1 is 1.08 bits per heavy atom. The van der Waals surface area contributed by atoms with Crippen LogP contribution in [0.15, 0.2) is 65.6 Å². The van der Waals surface area contributed by atoms with E-state index in [2.05, 4.69) is 10.9 Å². The molecule has 26 heavy (non-hydrogen) atoms. The highest BCUT2D eigenvalue weighted by atomic mass is 32.2. The van der Waals surface area contributed by atoms with Gasteiger partial charge < -0.3 is 0 Å². The SMILES string of the molecule is CC=CC=CC(=O)NNC(=O)CN1c2cccc3cccc(c23)S1(=O)=O. The highest BCUT2D eigenvalue weighted by Crippen LogP contribution is 2.41. The number of benzene rings is 2. The van der Waals surface area contributed by atoms with E-state index < -0.39 is 28.4 Å². The molecule has 1 aliphatic rings. The lowest BCUT2D eigenvalue weighted by Crippen LogP contribution is -2.46. The molecule has 0 fully saturated rings. The molecule has 3 rings (SSSR count). The van der Waals surface area contributed by atoms with Crippen molar-refractivity contribution in [3.63, 3.8) is 0 Å². The molecule has 2 N–H and O–H groups in total. The lowest BCUT2D eigenvalue weighted by Gasteiger charge is -2.18. The third-order valence-electron chi connectivity index (χ3n) is 3.84. The van der Waals surface area contributed by atoms with Crippen LogP contribution < -0.4 is 15.2 Å². The third kappa shape index (κ3) is 3.18. The lowest BCUT2D eigenvalue weighted by atomic mass is 10.1. The standard InChI is InChI=1S/C18H17N3O4S/c1-2-3-4-11-16(22)19-20-17(23)12-21-14-9-5-7-13-8-6-10-15(18(13)14)26(21,24)25/h2-11H,12H2,1H3,(H,19,22)(H,20,23). The summed E-state index contributed by atoms with van der Waals surface area (Å²) in [5.41, 5.74) is 4.87.